The predicted molar refractivity (Wildman–Crippen MR) is 75.4 cm³/mol. The summed E-state index contributed by atoms with van der Waals surface area (Å²) in [5, 5.41) is 0. The van der Waals surface area contributed by atoms with E-state index in [0.29, 0.717) is 5.69 Å². The summed E-state index contributed by atoms with van der Waals surface area (Å²) in [6.45, 7) is 0.830. The monoisotopic (exact) mass is 257 g/mol. The van der Waals surface area contributed by atoms with Crippen LogP contribution in [0.2, 0.25) is 0 Å². The number of nitrogens with two attached hydrogens (primary N) is 1. The Hall–Kier alpha value is -1.97. The summed E-state index contributed by atoms with van der Waals surface area (Å²) in [5.74, 6) is 0.733. The van der Waals surface area contributed by atoms with E-state index in [1.54, 1.807) is 7.11 Å². The molecule has 0 bridgehead atoms. The molecular weight excluding hydrogens is 238 g/mol. The summed E-state index contributed by atoms with van der Waals surface area (Å²) in [4.78, 5) is 4.52. The van der Waals surface area contributed by atoms with Crippen molar-refractivity contribution < 1.29 is 4.74 Å². The Bertz CT molecular complexity index is 589. The summed E-state index contributed by atoms with van der Waals surface area (Å²) >= 11 is 0. The highest BCUT2D eigenvalue weighted by atomic mass is 16.5. The minimum Gasteiger partial charge on any atom is -0.495 e. The summed E-state index contributed by atoms with van der Waals surface area (Å²) in [6.07, 6.45) is 6.74. The van der Waals surface area contributed by atoms with Crippen LogP contribution in [0.5, 0.6) is 5.75 Å². The maximum absolute atomic E-state index is 5.95. The Morgan fingerprint density at radius 1 is 1.32 bits per heavy atom. The number of aryl methyl sites for hydroxylation is 1. The lowest BCUT2D eigenvalue weighted by Gasteiger charge is -2.14. The van der Waals surface area contributed by atoms with Crippen LogP contribution in [0, 0.1) is 0 Å². The molecule has 1 aromatic carbocycles. The average Bonchev–Trinajstić information content (AvgIpc) is 2.83. The van der Waals surface area contributed by atoms with Crippen LogP contribution in [0.3, 0.4) is 0 Å². The lowest BCUT2D eigenvalue weighted by atomic mass is 10.0. The predicted octanol–water partition coefficient (Wildman–Crippen LogP) is 2.40. The maximum Gasteiger partial charge on any atom is 0.141 e. The quantitative estimate of drug-likeness (QED) is 0.859. The van der Waals surface area contributed by atoms with Crippen molar-refractivity contribution >= 4 is 5.69 Å². The summed E-state index contributed by atoms with van der Waals surface area (Å²) in [7, 11) is 1.64. The number of anilines is 1. The molecule has 0 amide bonds. The fourth-order valence-corrected chi connectivity index (χ4v) is 2.75. The number of fused-ring (bicyclic) bond motifs is 1. The van der Waals surface area contributed by atoms with Gasteiger partial charge in [0.15, 0.2) is 0 Å². The third-order valence-corrected chi connectivity index (χ3v) is 3.76. The van der Waals surface area contributed by atoms with Crippen LogP contribution in [-0.2, 0) is 19.4 Å². The van der Waals surface area contributed by atoms with Gasteiger partial charge in [0.05, 0.1) is 24.8 Å². The minimum atomic E-state index is 0.689. The standard InChI is InChI=1S/C15H19N3O/c1-19-15-7-6-11(8-12(15)16)9-18-10-17-13-4-2-3-5-14(13)18/h6-8,10H,2-5,9,16H2,1H3. The van der Waals surface area contributed by atoms with Gasteiger partial charge >= 0.3 is 0 Å². The highest BCUT2D eigenvalue weighted by Gasteiger charge is 2.15. The Morgan fingerprint density at radius 2 is 2.16 bits per heavy atom. The number of hydrogen-bond donors (Lipinski definition) is 1. The molecule has 1 aliphatic rings. The lowest BCUT2D eigenvalue weighted by Crippen LogP contribution is -2.09. The Morgan fingerprint density at radius 3 is 2.95 bits per heavy atom. The fraction of sp³-hybridized carbons (Fsp3) is 0.400. The van der Waals surface area contributed by atoms with Gasteiger partial charge in [-0.25, -0.2) is 4.98 Å². The van der Waals surface area contributed by atoms with Crippen LogP contribution >= 0.6 is 0 Å². The molecule has 0 saturated heterocycles. The van der Waals surface area contributed by atoms with Gasteiger partial charge in [-0.05, 0) is 43.4 Å². The molecule has 2 aromatic rings. The first kappa shape index (κ1) is 12.1. The van der Waals surface area contributed by atoms with Crippen LogP contribution in [0.25, 0.3) is 0 Å². The molecule has 0 aliphatic heterocycles. The normalized spacial score (nSPS) is 14.2. The van der Waals surface area contributed by atoms with Gasteiger partial charge in [-0.2, -0.15) is 0 Å². The van der Waals surface area contributed by atoms with E-state index in [-0.39, 0.29) is 0 Å². The second-order valence-electron chi connectivity index (χ2n) is 5.05. The second-order valence-corrected chi connectivity index (χ2v) is 5.05. The van der Waals surface area contributed by atoms with Crippen LogP contribution < -0.4 is 10.5 Å². The van der Waals surface area contributed by atoms with Crippen molar-refractivity contribution in [1.82, 2.24) is 9.55 Å². The van der Waals surface area contributed by atoms with Crippen molar-refractivity contribution in [1.29, 1.82) is 0 Å². The molecule has 1 heterocycles. The minimum absolute atomic E-state index is 0.689. The zero-order chi connectivity index (χ0) is 13.2. The summed E-state index contributed by atoms with van der Waals surface area (Å²) in [5.41, 5.74) is 10.5. The van der Waals surface area contributed by atoms with Gasteiger partial charge in [0.25, 0.3) is 0 Å². The Labute approximate surface area is 113 Å². The van der Waals surface area contributed by atoms with Crippen molar-refractivity contribution in [2.75, 3.05) is 12.8 Å². The first-order valence-corrected chi connectivity index (χ1v) is 6.73. The molecule has 100 valence electrons. The Balaban J connectivity index is 1.85. The zero-order valence-corrected chi connectivity index (χ0v) is 11.2. The smallest absolute Gasteiger partial charge is 0.141 e. The molecule has 0 spiro atoms. The van der Waals surface area contributed by atoms with E-state index in [1.807, 2.05) is 18.5 Å². The molecule has 1 aromatic heterocycles. The zero-order valence-electron chi connectivity index (χ0n) is 11.2. The number of aromatic nitrogens is 2. The van der Waals surface area contributed by atoms with Gasteiger partial charge < -0.3 is 15.0 Å². The first-order valence-electron chi connectivity index (χ1n) is 6.73. The van der Waals surface area contributed by atoms with Crippen molar-refractivity contribution in [3.63, 3.8) is 0 Å². The second kappa shape index (κ2) is 4.96. The van der Waals surface area contributed by atoms with Crippen LogP contribution in [-0.4, -0.2) is 16.7 Å². The number of methoxy groups -OCH3 is 1. The van der Waals surface area contributed by atoms with Gasteiger partial charge in [0.1, 0.15) is 5.75 Å². The molecule has 1 aliphatic carbocycles. The molecule has 0 atom stereocenters. The fourth-order valence-electron chi connectivity index (χ4n) is 2.75. The molecule has 4 heteroatoms. The number of hydrogen-bond acceptors (Lipinski definition) is 3. The van der Waals surface area contributed by atoms with Crippen molar-refractivity contribution in [3.8, 4) is 5.75 Å². The number of nitrogen functional groups attached to an aromatic ring is 1. The van der Waals surface area contributed by atoms with Gasteiger partial charge in [0.2, 0.25) is 0 Å². The third-order valence-electron chi connectivity index (χ3n) is 3.76. The van der Waals surface area contributed by atoms with E-state index >= 15 is 0 Å². The topological polar surface area (TPSA) is 53.1 Å². The van der Waals surface area contributed by atoms with E-state index in [4.69, 9.17) is 10.5 Å². The number of nitrogens with zero attached hydrogens (tertiary/aromatic N) is 2. The molecule has 19 heavy (non-hydrogen) atoms. The highest BCUT2D eigenvalue weighted by Crippen LogP contribution is 2.24. The van der Waals surface area contributed by atoms with Crippen LogP contribution in [0.1, 0.15) is 29.8 Å². The molecule has 4 nitrogen and oxygen atoms in total. The largest absolute Gasteiger partial charge is 0.495 e. The van der Waals surface area contributed by atoms with Gasteiger partial charge in [-0.3, -0.25) is 0 Å². The summed E-state index contributed by atoms with van der Waals surface area (Å²) in [6, 6.07) is 5.96. The van der Waals surface area contributed by atoms with Crippen molar-refractivity contribution in [2.45, 2.75) is 32.2 Å². The molecule has 0 unspecified atom stereocenters. The SMILES string of the molecule is COc1ccc(Cn2cnc3c2CCCC3)cc1N. The number of ether oxygens (including phenoxy) is 1. The summed E-state index contributed by atoms with van der Waals surface area (Å²) < 4.78 is 7.43. The number of rotatable bonds is 3. The Kier molecular flexibility index (Phi) is 3.15. The van der Waals surface area contributed by atoms with E-state index in [0.717, 1.165) is 25.1 Å². The van der Waals surface area contributed by atoms with Gasteiger partial charge in [-0.15, -0.1) is 0 Å². The van der Waals surface area contributed by atoms with Crippen molar-refractivity contribution in [2.24, 2.45) is 0 Å². The number of benzene rings is 1. The van der Waals surface area contributed by atoms with Gasteiger partial charge in [0, 0.05) is 12.2 Å². The molecule has 0 radical (unpaired) electrons. The lowest BCUT2D eigenvalue weighted by molar-refractivity contribution is 0.417. The maximum atomic E-state index is 5.95. The molecule has 3 rings (SSSR count). The van der Waals surface area contributed by atoms with E-state index in [1.165, 1.54) is 29.8 Å². The third kappa shape index (κ3) is 2.30. The highest BCUT2D eigenvalue weighted by molar-refractivity contribution is 5.54. The average molecular weight is 257 g/mol. The molecular formula is C15H19N3O. The van der Waals surface area contributed by atoms with E-state index in [2.05, 4.69) is 15.6 Å². The van der Waals surface area contributed by atoms with Crippen LogP contribution in [0.4, 0.5) is 5.69 Å². The first-order chi connectivity index (χ1) is 9.28. The van der Waals surface area contributed by atoms with Gasteiger partial charge in [-0.1, -0.05) is 6.07 Å². The molecule has 0 saturated carbocycles. The van der Waals surface area contributed by atoms with Crippen molar-refractivity contribution in [3.05, 3.63) is 41.5 Å². The molecule has 0 fully saturated rings. The van der Waals surface area contributed by atoms with Crippen LogP contribution in [0.15, 0.2) is 24.5 Å². The number of imidazole rings is 1. The van der Waals surface area contributed by atoms with E-state index < -0.39 is 0 Å². The molecule has 2 N–H and O–H groups in total. The van der Waals surface area contributed by atoms with E-state index in [9.17, 15) is 0 Å².